The molecule has 0 aliphatic carbocycles. The van der Waals surface area contributed by atoms with Gasteiger partial charge in [0.2, 0.25) is 0 Å². The molecule has 1 aromatic rings. The van der Waals surface area contributed by atoms with Crippen LogP contribution in [0.2, 0.25) is 0 Å². The topological polar surface area (TPSA) is 48.0 Å². The van der Waals surface area contributed by atoms with Crippen LogP contribution in [0.4, 0.5) is 4.79 Å². The van der Waals surface area contributed by atoms with Gasteiger partial charge in [-0.1, -0.05) is 30.3 Å². The number of hydrogen-bond donors (Lipinski definition) is 1. The maximum Gasteiger partial charge on any atom is 0.318 e. The van der Waals surface area contributed by atoms with E-state index < -0.39 is 0 Å². The number of rotatable bonds is 5. The van der Waals surface area contributed by atoms with Gasteiger partial charge in [0, 0.05) is 25.7 Å². The smallest absolute Gasteiger partial charge is 0.318 e. The summed E-state index contributed by atoms with van der Waals surface area (Å²) in [5.74, 6) is 0. The molecule has 2 amide bonds. The van der Waals surface area contributed by atoms with E-state index in [1.807, 2.05) is 23.1 Å². The summed E-state index contributed by atoms with van der Waals surface area (Å²) in [4.78, 5) is 19.4. The SMILES string of the molecule is CN(C)C1CCN(CCNC(=O)N2CCOCC2c2ccccc2)CC1. The molecular weight excluding hydrogens is 328 g/mol. The van der Waals surface area contributed by atoms with Crippen LogP contribution in [-0.4, -0.2) is 86.8 Å². The third-order valence-corrected chi connectivity index (χ3v) is 5.57. The van der Waals surface area contributed by atoms with Gasteiger partial charge in [-0.05, 0) is 45.6 Å². The predicted octanol–water partition coefficient (Wildman–Crippen LogP) is 1.80. The van der Waals surface area contributed by atoms with Gasteiger partial charge < -0.3 is 24.8 Å². The van der Waals surface area contributed by atoms with Crippen molar-refractivity contribution in [3.05, 3.63) is 35.9 Å². The van der Waals surface area contributed by atoms with Gasteiger partial charge in [0.25, 0.3) is 0 Å². The number of morpholine rings is 1. The Labute approximate surface area is 157 Å². The normalized spacial score (nSPS) is 22.6. The summed E-state index contributed by atoms with van der Waals surface area (Å²) in [7, 11) is 4.32. The van der Waals surface area contributed by atoms with Crippen molar-refractivity contribution < 1.29 is 9.53 Å². The standard InChI is InChI=1S/C20H32N4O2/c1-22(2)18-8-11-23(12-9-18)13-10-21-20(25)24-14-15-26-16-19(24)17-6-4-3-5-7-17/h3-7,18-19H,8-16H2,1-2H3,(H,21,25). The van der Waals surface area contributed by atoms with Crippen LogP contribution < -0.4 is 5.32 Å². The highest BCUT2D eigenvalue weighted by Gasteiger charge is 2.28. The number of piperidine rings is 1. The van der Waals surface area contributed by atoms with Gasteiger partial charge in [0.05, 0.1) is 19.3 Å². The Morgan fingerprint density at radius 1 is 1.19 bits per heavy atom. The number of benzene rings is 1. The Balaban J connectivity index is 1.45. The minimum absolute atomic E-state index is 0.000728. The van der Waals surface area contributed by atoms with E-state index in [4.69, 9.17) is 4.74 Å². The number of ether oxygens (including phenoxy) is 1. The second-order valence-corrected chi connectivity index (χ2v) is 7.46. The van der Waals surface area contributed by atoms with E-state index in [9.17, 15) is 4.79 Å². The molecule has 0 saturated carbocycles. The molecule has 6 nitrogen and oxygen atoms in total. The van der Waals surface area contributed by atoms with Crippen LogP contribution in [0.25, 0.3) is 0 Å². The number of carbonyl (C=O) groups excluding carboxylic acids is 1. The van der Waals surface area contributed by atoms with Gasteiger partial charge in [-0.2, -0.15) is 0 Å². The van der Waals surface area contributed by atoms with Crippen LogP contribution >= 0.6 is 0 Å². The highest BCUT2D eigenvalue weighted by Crippen LogP contribution is 2.23. The lowest BCUT2D eigenvalue weighted by atomic mass is 10.0. The molecule has 1 atom stereocenters. The first-order valence-corrected chi connectivity index (χ1v) is 9.71. The fourth-order valence-electron chi connectivity index (χ4n) is 3.88. The van der Waals surface area contributed by atoms with Crippen LogP contribution in [-0.2, 0) is 4.74 Å². The number of likely N-dealkylation sites (tertiary alicyclic amines) is 1. The monoisotopic (exact) mass is 360 g/mol. The van der Waals surface area contributed by atoms with E-state index in [0.717, 1.165) is 25.2 Å². The van der Waals surface area contributed by atoms with Gasteiger partial charge in [-0.15, -0.1) is 0 Å². The lowest BCUT2D eigenvalue weighted by Crippen LogP contribution is -2.50. The number of hydrogen-bond acceptors (Lipinski definition) is 4. The fraction of sp³-hybridized carbons (Fsp3) is 0.650. The number of nitrogens with one attached hydrogen (secondary N) is 1. The largest absolute Gasteiger partial charge is 0.377 e. The summed E-state index contributed by atoms with van der Waals surface area (Å²) in [6.45, 7) is 5.66. The van der Waals surface area contributed by atoms with E-state index in [1.165, 1.54) is 12.8 Å². The zero-order valence-corrected chi connectivity index (χ0v) is 16.1. The first kappa shape index (κ1) is 19.1. The fourth-order valence-corrected chi connectivity index (χ4v) is 3.88. The van der Waals surface area contributed by atoms with Crippen LogP contribution in [0.5, 0.6) is 0 Å². The zero-order chi connectivity index (χ0) is 18.4. The molecule has 26 heavy (non-hydrogen) atoms. The highest BCUT2D eigenvalue weighted by atomic mass is 16.5. The van der Waals surface area contributed by atoms with E-state index >= 15 is 0 Å². The maximum atomic E-state index is 12.7. The van der Waals surface area contributed by atoms with E-state index in [0.29, 0.717) is 32.3 Å². The quantitative estimate of drug-likeness (QED) is 0.870. The van der Waals surface area contributed by atoms with Crippen molar-refractivity contribution in [2.45, 2.75) is 24.9 Å². The summed E-state index contributed by atoms with van der Waals surface area (Å²) < 4.78 is 5.61. The molecule has 2 aliphatic rings. The van der Waals surface area contributed by atoms with Crippen LogP contribution in [0, 0.1) is 0 Å². The number of carbonyl (C=O) groups is 1. The molecule has 1 unspecified atom stereocenters. The summed E-state index contributed by atoms with van der Waals surface area (Å²) in [5.41, 5.74) is 1.13. The van der Waals surface area contributed by atoms with Crippen LogP contribution in [0.15, 0.2) is 30.3 Å². The lowest BCUT2D eigenvalue weighted by molar-refractivity contribution is 0.0115. The minimum atomic E-state index is 0.000728. The van der Waals surface area contributed by atoms with Crippen molar-refractivity contribution in [1.29, 1.82) is 0 Å². The molecule has 0 spiro atoms. The molecule has 1 aromatic carbocycles. The van der Waals surface area contributed by atoms with E-state index in [-0.39, 0.29) is 12.1 Å². The van der Waals surface area contributed by atoms with Crippen LogP contribution in [0.1, 0.15) is 24.4 Å². The lowest BCUT2D eigenvalue weighted by Gasteiger charge is -2.37. The molecule has 2 saturated heterocycles. The first-order valence-electron chi connectivity index (χ1n) is 9.71. The van der Waals surface area contributed by atoms with Gasteiger partial charge in [-0.25, -0.2) is 4.79 Å². The number of amides is 2. The van der Waals surface area contributed by atoms with E-state index in [2.05, 4.69) is 41.3 Å². The summed E-state index contributed by atoms with van der Waals surface area (Å²) in [6, 6.07) is 10.9. The third-order valence-electron chi connectivity index (χ3n) is 5.57. The molecule has 3 rings (SSSR count). The molecule has 1 N–H and O–H groups in total. The Morgan fingerprint density at radius 2 is 1.92 bits per heavy atom. The first-order chi connectivity index (χ1) is 12.6. The van der Waals surface area contributed by atoms with Crippen molar-refractivity contribution in [3.8, 4) is 0 Å². The van der Waals surface area contributed by atoms with Crippen molar-refractivity contribution in [1.82, 2.24) is 20.0 Å². The van der Waals surface area contributed by atoms with Crippen molar-refractivity contribution >= 4 is 6.03 Å². The van der Waals surface area contributed by atoms with Gasteiger partial charge in [0.15, 0.2) is 0 Å². The number of nitrogens with zero attached hydrogens (tertiary/aromatic N) is 3. The third kappa shape index (κ3) is 4.96. The molecule has 144 valence electrons. The summed E-state index contributed by atoms with van der Waals surface area (Å²) in [5, 5.41) is 3.11. The predicted molar refractivity (Wildman–Crippen MR) is 103 cm³/mol. The average Bonchev–Trinajstić information content (AvgIpc) is 2.69. The Hall–Kier alpha value is -1.63. The zero-order valence-electron chi connectivity index (χ0n) is 16.1. The highest BCUT2D eigenvalue weighted by molar-refractivity contribution is 5.74. The molecule has 6 heteroatoms. The number of urea groups is 1. The second kappa shape index (κ2) is 9.35. The van der Waals surface area contributed by atoms with E-state index in [1.54, 1.807) is 0 Å². The molecule has 2 fully saturated rings. The van der Waals surface area contributed by atoms with Crippen molar-refractivity contribution in [2.24, 2.45) is 0 Å². The van der Waals surface area contributed by atoms with Crippen molar-refractivity contribution in [3.63, 3.8) is 0 Å². The van der Waals surface area contributed by atoms with Gasteiger partial charge in [-0.3, -0.25) is 0 Å². The Morgan fingerprint density at radius 3 is 2.62 bits per heavy atom. The molecule has 0 aromatic heterocycles. The average molecular weight is 361 g/mol. The van der Waals surface area contributed by atoms with Gasteiger partial charge >= 0.3 is 6.03 Å². The Kier molecular flexibility index (Phi) is 6.88. The minimum Gasteiger partial charge on any atom is -0.377 e. The van der Waals surface area contributed by atoms with Crippen LogP contribution in [0.3, 0.4) is 0 Å². The summed E-state index contributed by atoms with van der Waals surface area (Å²) in [6.07, 6.45) is 2.42. The molecule has 2 aliphatic heterocycles. The maximum absolute atomic E-state index is 12.7. The van der Waals surface area contributed by atoms with Gasteiger partial charge in [0.1, 0.15) is 0 Å². The molecule has 0 radical (unpaired) electrons. The molecule has 0 bridgehead atoms. The Bertz CT molecular complexity index is 558. The molecular formula is C20H32N4O2. The summed E-state index contributed by atoms with van der Waals surface area (Å²) >= 11 is 0. The van der Waals surface area contributed by atoms with Crippen molar-refractivity contribution in [2.75, 3.05) is 60.0 Å². The molecule has 2 heterocycles. The second-order valence-electron chi connectivity index (χ2n) is 7.46.